The van der Waals surface area contributed by atoms with Crippen LogP contribution in [0.15, 0.2) is 69.5 Å². The molecule has 0 saturated heterocycles. The molecular formula is C26H30Zr. The Hall–Kier alpha value is -1.33. The Morgan fingerprint density at radius 2 is 1.37 bits per heavy atom. The van der Waals surface area contributed by atoms with Gasteiger partial charge in [-0.05, 0) is 0 Å². The summed E-state index contributed by atoms with van der Waals surface area (Å²) in [6.07, 6.45) is 5.13. The molecule has 0 spiro atoms. The van der Waals surface area contributed by atoms with E-state index in [9.17, 15) is 0 Å². The fourth-order valence-electron chi connectivity index (χ4n) is 4.71. The van der Waals surface area contributed by atoms with E-state index in [0.717, 1.165) is 0 Å². The van der Waals surface area contributed by atoms with Gasteiger partial charge in [-0.2, -0.15) is 0 Å². The number of fused-ring (bicyclic) bond motifs is 3. The Balaban J connectivity index is 1.90. The Bertz CT molecular complexity index is 945. The molecule has 0 aliphatic heterocycles. The van der Waals surface area contributed by atoms with E-state index < -0.39 is 21.3 Å². The number of allylic oxidation sites excluding steroid dienone is 4. The topological polar surface area (TPSA) is 0 Å². The standard InChI is InChI=1S/C13H9.C10H15.C3H6.Zr/c1-3-7-12-10(5-1)9-11-6-2-4-8-13(11)12;1-8-5-6-9(7-8)10(2,3)4;1-3-2;/h1-9H;6-8H,1-4H3;1-2H3;. The van der Waals surface area contributed by atoms with Crippen LogP contribution < -0.4 is 0 Å². The van der Waals surface area contributed by atoms with Gasteiger partial charge < -0.3 is 0 Å². The molecular weight excluding hydrogens is 404 g/mol. The third-order valence-corrected chi connectivity index (χ3v) is 14.7. The van der Waals surface area contributed by atoms with Crippen LogP contribution in [0.1, 0.15) is 56.3 Å². The molecule has 0 radical (unpaired) electrons. The summed E-state index contributed by atoms with van der Waals surface area (Å²) in [5.74, 6) is 0.587. The summed E-state index contributed by atoms with van der Waals surface area (Å²) in [6.45, 7) is 14.3. The molecule has 4 rings (SSSR count). The first-order chi connectivity index (χ1) is 12.8. The number of rotatable bonds is 2. The molecule has 2 aliphatic carbocycles. The fourth-order valence-corrected chi connectivity index (χ4v) is 13.3. The van der Waals surface area contributed by atoms with Crippen molar-refractivity contribution in [2.45, 2.75) is 45.2 Å². The van der Waals surface area contributed by atoms with Crippen LogP contribution in [-0.4, -0.2) is 3.21 Å². The molecule has 1 unspecified atom stereocenters. The molecule has 0 bridgehead atoms. The number of hydrogen-bond acceptors (Lipinski definition) is 0. The van der Waals surface area contributed by atoms with Crippen molar-refractivity contribution in [1.82, 2.24) is 0 Å². The van der Waals surface area contributed by atoms with Crippen molar-refractivity contribution in [2.75, 3.05) is 0 Å². The molecule has 27 heavy (non-hydrogen) atoms. The van der Waals surface area contributed by atoms with Crippen LogP contribution >= 0.6 is 0 Å². The van der Waals surface area contributed by atoms with Gasteiger partial charge in [-0.1, -0.05) is 0 Å². The molecule has 2 aliphatic rings. The minimum absolute atomic E-state index is 0.234. The van der Waals surface area contributed by atoms with E-state index in [1.54, 1.807) is 17.6 Å². The molecule has 0 nitrogen and oxygen atoms in total. The molecule has 1 heteroatoms. The average Bonchev–Trinajstić information content (AvgIpc) is 3.15. The van der Waals surface area contributed by atoms with Crippen molar-refractivity contribution in [3.05, 3.63) is 80.7 Å². The van der Waals surface area contributed by atoms with Crippen molar-refractivity contribution in [3.63, 3.8) is 0 Å². The van der Waals surface area contributed by atoms with Gasteiger partial charge in [0.1, 0.15) is 0 Å². The maximum absolute atomic E-state index is 2.59. The van der Waals surface area contributed by atoms with Crippen LogP contribution in [0.5, 0.6) is 0 Å². The Kier molecular flexibility index (Phi) is 4.88. The normalized spacial score (nSPS) is 18.7. The zero-order chi connectivity index (χ0) is 19.3. The van der Waals surface area contributed by atoms with E-state index in [-0.39, 0.29) is 5.41 Å². The van der Waals surface area contributed by atoms with Crippen molar-refractivity contribution in [2.24, 2.45) is 11.3 Å². The molecule has 0 aromatic heterocycles. The fraction of sp³-hybridized carbons (Fsp3) is 0.346. The molecule has 138 valence electrons. The van der Waals surface area contributed by atoms with Gasteiger partial charge in [0.15, 0.2) is 0 Å². The second-order valence-corrected chi connectivity index (χ2v) is 16.6. The third-order valence-electron chi connectivity index (χ3n) is 6.07. The SMILES string of the molecule is C[C](C)=[Zr]([C]1=CC(C(C)(C)C)=CC1C)[CH]1c2ccccc2-c2ccccc21. The van der Waals surface area contributed by atoms with Gasteiger partial charge in [0.25, 0.3) is 0 Å². The van der Waals surface area contributed by atoms with Gasteiger partial charge in [-0.25, -0.2) is 0 Å². The van der Waals surface area contributed by atoms with Gasteiger partial charge in [0.2, 0.25) is 0 Å². The summed E-state index contributed by atoms with van der Waals surface area (Å²) in [6, 6.07) is 18.3. The first kappa shape index (κ1) is 19.0. The second-order valence-electron chi connectivity index (χ2n) is 9.28. The molecule has 1 atom stereocenters. The van der Waals surface area contributed by atoms with Gasteiger partial charge in [-0.15, -0.1) is 0 Å². The van der Waals surface area contributed by atoms with E-state index in [4.69, 9.17) is 0 Å². The summed E-state index contributed by atoms with van der Waals surface area (Å²) >= 11 is -2.07. The first-order valence-electron chi connectivity index (χ1n) is 10.1. The predicted molar refractivity (Wildman–Crippen MR) is 115 cm³/mol. The van der Waals surface area contributed by atoms with Crippen LogP contribution in [-0.2, 0) is 21.3 Å². The zero-order valence-electron chi connectivity index (χ0n) is 17.4. The van der Waals surface area contributed by atoms with Crippen LogP contribution in [0.4, 0.5) is 0 Å². The molecule has 2 aromatic rings. The number of hydrogen-bond donors (Lipinski definition) is 0. The van der Waals surface area contributed by atoms with Crippen LogP contribution in [0.25, 0.3) is 11.1 Å². The molecule has 0 heterocycles. The summed E-state index contributed by atoms with van der Waals surface area (Å²) in [4.78, 5) is 0. The third kappa shape index (κ3) is 3.23. The van der Waals surface area contributed by atoms with Crippen LogP contribution in [0.3, 0.4) is 0 Å². The Morgan fingerprint density at radius 3 is 1.81 bits per heavy atom. The Morgan fingerprint density at radius 1 is 0.852 bits per heavy atom. The van der Waals surface area contributed by atoms with Gasteiger partial charge in [0, 0.05) is 0 Å². The van der Waals surface area contributed by atoms with E-state index in [2.05, 4.69) is 102 Å². The van der Waals surface area contributed by atoms with Gasteiger partial charge >= 0.3 is 173 Å². The molecule has 0 N–H and O–H groups in total. The minimum atomic E-state index is -2.07. The van der Waals surface area contributed by atoms with Crippen molar-refractivity contribution in [3.8, 4) is 11.1 Å². The summed E-state index contributed by atoms with van der Waals surface area (Å²) in [7, 11) is 0. The van der Waals surface area contributed by atoms with Crippen LogP contribution in [0, 0.1) is 11.3 Å². The van der Waals surface area contributed by atoms with Crippen LogP contribution in [0.2, 0.25) is 0 Å². The van der Waals surface area contributed by atoms with Crippen molar-refractivity contribution in [1.29, 1.82) is 0 Å². The average molecular weight is 434 g/mol. The predicted octanol–water partition coefficient (Wildman–Crippen LogP) is 7.09. The van der Waals surface area contributed by atoms with E-state index >= 15 is 0 Å². The van der Waals surface area contributed by atoms with Crippen molar-refractivity contribution >= 4 is 3.21 Å². The maximum atomic E-state index is 2.59. The molecule has 2 aromatic carbocycles. The van der Waals surface area contributed by atoms with Gasteiger partial charge in [0.05, 0.1) is 0 Å². The van der Waals surface area contributed by atoms with Gasteiger partial charge in [-0.3, -0.25) is 0 Å². The van der Waals surface area contributed by atoms with E-state index in [1.807, 2.05) is 0 Å². The zero-order valence-corrected chi connectivity index (χ0v) is 19.9. The summed E-state index contributed by atoms with van der Waals surface area (Å²) in [5.41, 5.74) is 7.85. The molecule has 0 amide bonds. The number of benzene rings is 2. The molecule has 0 saturated carbocycles. The van der Waals surface area contributed by atoms with Crippen molar-refractivity contribution < 1.29 is 21.3 Å². The summed E-state index contributed by atoms with van der Waals surface area (Å²) < 4.78 is 4.10. The second kappa shape index (κ2) is 6.93. The monoisotopic (exact) mass is 432 g/mol. The van der Waals surface area contributed by atoms with E-state index in [1.165, 1.54) is 16.7 Å². The molecule has 0 fully saturated rings. The first-order valence-corrected chi connectivity index (χ1v) is 14.0. The quantitative estimate of drug-likeness (QED) is 0.474. The van der Waals surface area contributed by atoms with E-state index in [0.29, 0.717) is 9.54 Å². The Labute approximate surface area is 172 Å². The summed E-state index contributed by atoms with van der Waals surface area (Å²) in [5, 5.41) is 0.